The van der Waals surface area contributed by atoms with Crippen LogP contribution in [-0.4, -0.2) is 32.3 Å². The monoisotopic (exact) mass is 300 g/mol. The first-order valence-corrected chi connectivity index (χ1v) is 8.29. The van der Waals surface area contributed by atoms with Gasteiger partial charge in [-0.3, -0.25) is 0 Å². The number of nitrogen functional groups attached to an aromatic ring is 1. The maximum Gasteiger partial charge on any atom is 0.239 e. The zero-order valence-electron chi connectivity index (χ0n) is 11.2. The van der Waals surface area contributed by atoms with E-state index in [4.69, 9.17) is 15.6 Å². The first-order chi connectivity index (χ1) is 9.44. The predicted molar refractivity (Wildman–Crippen MR) is 77.9 cm³/mol. The van der Waals surface area contributed by atoms with E-state index in [1.165, 1.54) is 12.8 Å². The lowest BCUT2D eigenvalue weighted by Gasteiger charge is -2.10. The van der Waals surface area contributed by atoms with Gasteiger partial charge in [0.2, 0.25) is 15.9 Å². The summed E-state index contributed by atoms with van der Waals surface area (Å²) >= 11 is 0. The van der Waals surface area contributed by atoms with Gasteiger partial charge in [0, 0.05) is 6.54 Å². The standard InChI is InChI=1S/C12H20N4O3S/c13-10-4-5-11(15-6-1-7-20(14,17)18)16-12(10)19-8-9-2-3-9/h4-5,9H,1-3,6-8,13H2,(H,15,16)(H2,14,17,18). The summed E-state index contributed by atoms with van der Waals surface area (Å²) in [6.45, 7) is 1.11. The predicted octanol–water partition coefficient (Wildman–Crippen LogP) is 0.543. The van der Waals surface area contributed by atoms with Crippen molar-refractivity contribution in [2.45, 2.75) is 19.3 Å². The Hall–Kier alpha value is -1.54. The largest absolute Gasteiger partial charge is 0.476 e. The zero-order valence-corrected chi connectivity index (χ0v) is 12.0. The molecule has 1 aliphatic rings. The second-order valence-corrected chi connectivity index (χ2v) is 6.73. The van der Waals surface area contributed by atoms with Crippen molar-refractivity contribution in [2.75, 3.05) is 30.0 Å². The number of anilines is 2. The van der Waals surface area contributed by atoms with E-state index in [1.807, 2.05) is 0 Å². The number of nitrogens with one attached hydrogen (secondary N) is 1. The lowest BCUT2D eigenvalue weighted by Crippen LogP contribution is -2.19. The normalized spacial score (nSPS) is 15.1. The van der Waals surface area contributed by atoms with Crippen LogP contribution in [0.1, 0.15) is 19.3 Å². The number of nitrogens with zero attached hydrogens (tertiary/aromatic N) is 1. The van der Waals surface area contributed by atoms with Gasteiger partial charge in [-0.05, 0) is 37.3 Å². The molecule has 0 bridgehead atoms. The van der Waals surface area contributed by atoms with E-state index in [0.29, 0.717) is 42.9 Å². The van der Waals surface area contributed by atoms with Crippen molar-refractivity contribution in [2.24, 2.45) is 11.1 Å². The van der Waals surface area contributed by atoms with Gasteiger partial charge in [0.15, 0.2) is 0 Å². The van der Waals surface area contributed by atoms with Crippen molar-refractivity contribution >= 4 is 21.5 Å². The molecule has 1 aliphatic carbocycles. The molecule has 1 aromatic rings. The maximum atomic E-state index is 10.8. The molecule has 0 spiro atoms. The van der Waals surface area contributed by atoms with E-state index in [2.05, 4.69) is 10.3 Å². The van der Waals surface area contributed by atoms with Crippen molar-refractivity contribution in [1.82, 2.24) is 4.98 Å². The van der Waals surface area contributed by atoms with E-state index < -0.39 is 10.0 Å². The fourth-order valence-corrected chi connectivity index (χ4v) is 2.18. The van der Waals surface area contributed by atoms with Gasteiger partial charge >= 0.3 is 0 Å². The average Bonchev–Trinajstić information content (AvgIpc) is 3.17. The summed E-state index contributed by atoms with van der Waals surface area (Å²) in [7, 11) is -3.41. The minimum Gasteiger partial charge on any atom is -0.476 e. The number of hydrogen-bond acceptors (Lipinski definition) is 6. The molecule has 0 saturated heterocycles. The Morgan fingerprint density at radius 1 is 1.40 bits per heavy atom. The summed E-state index contributed by atoms with van der Waals surface area (Å²) in [6.07, 6.45) is 2.82. The highest BCUT2D eigenvalue weighted by molar-refractivity contribution is 7.89. The molecule has 112 valence electrons. The Labute approximate surface area is 118 Å². The molecule has 0 aromatic carbocycles. The van der Waals surface area contributed by atoms with Crippen molar-refractivity contribution in [3.63, 3.8) is 0 Å². The lowest BCUT2D eigenvalue weighted by atomic mass is 10.4. The number of hydrogen-bond donors (Lipinski definition) is 3. The summed E-state index contributed by atoms with van der Waals surface area (Å²) in [4.78, 5) is 4.27. The molecular formula is C12H20N4O3S. The number of rotatable bonds is 8. The topological polar surface area (TPSA) is 120 Å². The molecule has 0 amide bonds. The molecule has 5 N–H and O–H groups in total. The average molecular weight is 300 g/mol. The minimum atomic E-state index is -3.41. The van der Waals surface area contributed by atoms with E-state index >= 15 is 0 Å². The van der Waals surface area contributed by atoms with Gasteiger partial charge in [0.25, 0.3) is 0 Å². The number of aromatic nitrogens is 1. The second-order valence-electron chi connectivity index (χ2n) is 4.99. The van der Waals surface area contributed by atoms with Gasteiger partial charge < -0.3 is 15.8 Å². The van der Waals surface area contributed by atoms with Crippen LogP contribution in [0, 0.1) is 5.92 Å². The van der Waals surface area contributed by atoms with Crippen LogP contribution >= 0.6 is 0 Å². The van der Waals surface area contributed by atoms with Crippen LogP contribution in [-0.2, 0) is 10.0 Å². The lowest BCUT2D eigenvalue weighted by molar-refractivity contribution is 0.290. The summed E-state index contributed by atoms with van der Waals surface area (Å²) in [5.74, 6) is 1.61. The molecular weight excluding hydrogens is 280 g/mol. The fraction of sp³-hybridized carbons (Fsp3) is 0.583. The van der Waals surface area contributed by atoms with Gasteiger partial charge in [-0.1, -0.05) is 0 Å². The van der Waals surface area contributed by atoms with Crippen LogP contribution in [0.15, 0.2) is 12.1 Å². The van der Waals surface area contributed by atoms with Crippen molar-refractivity contribution in [3.8, 4) is 5.88 Å². The van der Waals surface area contributed by atoms with Crippen LogP contribution < -0.4 is 20.9 Å². The van der Waals surface area contributed by atoms with Crippen molar-refractivity contribution < 1.29 is 13.2 Å². The van der Waals surface area contributed by atoms with Crippen molar-refractivity contribution in [1.29, 1.82) is 0 Å². The summed E-state index contributed by atoms with van der Waals surface area (Å²) in [5.41, 5.74) is 6.30. The Morgan fingerprint density at radius 2 is 2.15 bits per heavy atom. The molecule has 20 heavy (non-hydrogen) atoms. The third-order valence-electron chi connectivity index (χ3n) is 2.95. The SMILES string of the molecule is Nc1ccc(NCCCS(N)(=O)=O)nc1OCC1CC1. The van der Waals surface area contributed by atoms with Gasteiger partial charge in [-0.2, -0.15) is 4.98 Å². The van der Waals surface area contributed by atoms with Gasteiger partial charge in [-0.15, -0.1) is 0 Å². The Bertz CT molecular complexity index is 558. The number of pyridine rings is 1. The highest BCUT2D eigenvalue weighted by Crippen LogP contribution is 2.30. The van der Waals surface area contributed by atoms with E-state index in [-0.39, 0.29) is 5.75 Å². The fourth-order valence-electron chi connectivity index (χ4n) is 1.64. The van der Waals surface area contributed by atoms with Crippen LogP contribution in [0.4, 0.5) is 11.5 Å². The number of ether oxygens (including phenoxy) is 1. The molecule has 0 atom stereocenters. The molecule has 0 radical (unpaired) electrons. The quantitative estimate of drug-likeness (QED) is 0.603. The highest BCUT2D eigenvalue weighted by atomic mass is 32.2. The summed E-state index contributed by atoms with van der Waals surface area (Å²) in [5, 5.41) is 7.95. The molecule has 0 unspecified atom stereocenters. The molecule has 1 fully saturated rings. The molecule has 7 nitrogen and oxygen atoms in total. The van der Waals surface area contributed by atoms with Gasteiger partial charge in [-0.25, -0.2) is 13.6 Å². The first-order valence-electron chi connectivity index (χ1n) is 6.58. The third-order valence-corrected chi connectivity index (χ3v) is 3.81. The van der Waals surface area contributed by atoms with Crippen LogP contribution in [0.25, 0.3) is 0 Å². The maximum absolute atomic E-state index is 10.8. The summed E-state index contributed by atoms with van der Waals surface area (Å²) in [6, 6.07) is 3.45. The Morgan fingerprint density at radius 3 is 2.80 bits per heavy atom. The number of nitrogens with two attached hydrogens (primary N) is 2. The second kappa shape index (κ2) is 6.27. The van der Waals surface area contributed by atoms with Crippen molar-refractivity contribution in [3.05, 3.63) is 12.1 Å². The van der Waals surface area contributed by atoms with Gasteiger partial charge in [0.1, 0.15) is 5.82 Å². The highest BCUT2D eigenvalue weighted by Gasteiger charge is 2.22. The van der Waals surface area contributed by atoms with Crippen LogP contribution in [0.5, 0.6) is 5.88 Å². The van der Waals surface area contributed by atoms with Gasteiger partial charge in [0.05, 0.1) is 18.0 Å². The Balaban J connectivity index is 1.82. The van der Waals surface area contributed by atoms with E-state index in [1.54, 1.807) is 12.1 Å². The van der Waals surface area contributed by atoms with Crippen LogP contribution in [0.3, 0.4) is 0 Å². The molecule has 8 heteroatoms. The first kappa shape index (κ1) is 14.9. The minimum absolute atomic E-state index is 0.0555. The molecule has 0 aliphatic heterocycles. The third kappa shape index (κ3) is 5.22. The molecule has 1 saturated carbocycles. The number of sulfonamides is 1. The van der Waals surface area contributed by atoms with E-state index in [0.717, 1.165) is 0 Å². The van der Waals surface area contributed by atoms with Crippen LogP contribution in [0.2, 0.25) is 0 Å². The molecule has 2 rings (SSSR count). The summed E-state index contributed by atoms with van der Waals surface area (Å²) < 4.78 is 27.2. The Kier molecular flexibility index (Phi) is 4.66. The van der Waals surface area contributed by atoms with E-state index in [9.17, 15) is 8.42 Å². The molecule has 1 heterocycles. The smallest absolute Gasteiger partial charge is 0.239 e. The zero-order chi connectivity index (χ0) is 14.6. The number of primary sulfonamides is 1. The molecule has 1 aromatic heterocycles.